The van der Waals surface area contributed by atoms with Gasteiger partial charge in [0.05, 0.1) is 14.2 Å². The molecule has 0 aliphatic carbocycles. The van der Waals surface area contributed by atoms with Gasteiger partial charge in [-0.15, -0.1) is 0 Å². The van der Waals surface area contributed by atoms with Gasteiger partial charge in [-0.1, -0.05) is 6.07 Å². The molecule has 0 spiro atoms. The molecule has 0 atom stereocenters. The SMILES string of the molecule is COc1ccc(CCC(=O)OC2CCN(C)CC2)cc1OC. The first-order valence-corrected chi connectivity index (χ1v) is 7.71. The molecular weight excluding hydrogens is 282 g/mol. The average molecular weight is 307 g/mol. The van der Waals surface area contributed by atoms with Gasteiger partial charge in [-0.25, -0.2) is 0 Å². The smallest absolute Gasteiger partial charge is 0.306 e. The van der Waals surface area contributed by atoms with Crippen molar-refractivity contribution in [2.24, 2.45) is 0 Å². The molecule has 1 aliphatic rings. The van der Waals surface area contributed by atoms with Gasteiger partial charge in [-0.05, 0) is 44.0 Å². The van der Waals surface area contributed by atoms with E-state index in [2.05, 4.69) is 11.9 Å². The maximum atomic E-state index is 12.0. The summed E-state index contributed by atoms with van der Waals surface area (Å²) in [5.41, 5.74) is 1.04. The minimum atomic E-state index is -0.121. The monoisotopic (exact) mass is 307 g/mol. The number of benzene rings is 1. The molecule has 1 aliphatic heterocycles. The van der Waals surface area contributed by atoms with E-state index in [1.54, 1.807) is 14.2 Å². The van der Waals surface area contributed by atoms with E-state index < -0.39 is 0 Å². The number of esters is 1. The summed E-state index contributed by atoms with van der Waals surface area (Å²) < 4.78 is 16.0. The number of hydrogen-bond donors (Lipinski definition) is 0. The van der Waals surface area contributed by atoms with Gasteiger partial charge in [0.2, 0.25) is 0 Å². The summed E-state index contributed by atoms with van der Waals surface area (Å²) in [5.74, 6) is 1.26. The molecule has 5 heteroatoms. The van der Waals surface area contributed by atoms with Gasteiger partial charge < -0.3 is 19.1 Å². The van der Waals surface area contributed by atoms with Crippen molar-refractivity contribution in [2.75, 3.05) is 34.4 Å². The molecule has 1 saturated heterocycles. The van der Waals surface area contributed by atoms with Crippen LogP contribution in [0.4, 0.5) is 0 Å². The van der Waals surface area contributed by atoms with Crippen molar-refractivity contribution < 1.29 is 19.0 Å². The highest BCUT2D eigenvalue weighted by molar-refractivity contribution is 5.70. The van der Waals surface area contributed by atoms with E-state index in [1.165, 1.54) is 0 Å². The van der Waals surface area contributed by atoms with E-state index in [4.69, 9.17) is 14.2 Å². The molecule has 0 amide bonds. The summed E-state index contributed by atoms with van der Waals surface area (Å²) in [4.78, 5) is 14.2. The van der Waals surface area contributed by atoms with E-state index in [0.717, 1.165) is 31.5 Å². The third kappa shape index (κ3) is 4.63. The fraction of sp³-hybridized carbons (Fsp3) is 0.588. The normalized spacial score (nSPS) is 16.3. The Morgan fingerprint density at radius 2 is 1.86 bits per heavy atom. The molecule has 1 heterocycles. The second-order valence-corrected chi connectivity index (χ2v) is 5.68. The van der Waals surface area contributed by atoms with Crippen molar-refractivity contribution in [2.45, 2.75) is 31.8 Å². The maximum Gasteiger partial charge on any atom is 0.306 e. The molecule has 0 unspecified atom stereocenters. The molecule has 1 fully saturated rings. The predicted molar refractivity (Wildman–Crippen MR) is 84.5 cm³/mol. The fourth-order valence-corrected chi connectivity index (χ4v) is 2.63. The largest absolute Gasteiger partial charge is 0.493 e. The van der Waals surface area contributed by atoms with Gasteiger partial charge in [-0.2, -0.15) is 0 Å². The molecule has 122 valence electrons. The second-order valence-electron chi connectivity index (χ2n) is 5.68. The Kier molecular flexibility index (Phi) is 6.07. The van der Waals surface area contributed by atoms with Crippen LogP contribution in [0.1, 0.15) is 24.8 Å². The van der Waals surface area contributed by atoms with Gasteiger partial charge in [0.25, 0.3) is 0 Å². The van der Waals surface area contributed by atoms with E-state index in [1.807, 2.05) is 18.2 Å². The van der Waals surface area contributed by atoms with Crippen LogP contribution in [0.3, 0.4) is 0 Å². The Bertz CT molecular complexity index is 495. The number of carbonyl (C=O) groups is 1. The van der Waals surface area contributed by atoms with Crippen molar-refractivity contribution in [3.05, 3.63) is 23.8 Å². The third-order valence-electron chi connectivity index (χ3n) is 4.03. The van der Waals surface area contributed by atoms with Gasteiger partial charge in [-0.3, -0.25) is 4.79 Å². The van der Waals surface area contributed by atoms with Crippen LogP contribution in [0.2, 0.25) is 0 Å². The van der Waals surface area contributed by atoms with Crippen LogP contribution >= 0.6 is 0 Å². The Hall–Kier alpha value is -1.75. The Morgan fingerprint density at radius 3 is 2.50 bits per heavy atom. The number of hydrogen-bond acceptors (Lipinski definition) is 5. The molecule has 0 radical (unpaired) electrons. The van der Waals surface area contributed by atoms with Gasteiger partial charge in [0, 0.05) is 19.5 Å². The van der Waals surface area contributed by atoms with Crippen molar-refractivity contribution in [3.8, 4) is 11.5 Å². The highest BCUT2D eigenvalue weighted by atomic mass is 16.5. The van der Waals surface area contributed by atoms with E-state index in [0.29, 0.717) is 24.3 Å². The number of carbonyl (C=O) groups excluding carboxylic acids is 1. The molecule has 0 N–H and O–H groups in total. The molecule has 5 nitrogen and oxygen atoms in total. The first-order chi connectivity index (χ1) is 10.6. The van der Waals surface area contributed by atoms with Crippen LogP contribution in [0.5, 0.6) is 11.5 Å². The van der Waals surface area contributed by atoms with E-state index in [-0.39, 0.29) is 12.1 Å². The maximum absolute atomic E-state index is 12.0. The topological polar surface area (TPSA) is 48.0 Å². The summed E-state index contributed by atoms with van der Waals surface area (Å²) in [5, 5.41) is 0. The van der Waals surface area contributed by atoms with Gasteiger partial charge in [0.1, 0.15) is 6.10 Å². The van der Waals surface area contributed by atoms with E-state index >= 15 is 0 Å². The standard InChI is InChI=1S/C17H25NO4/c1-18-10-8-14(9-11-18)22-17(19)7-5-13-4-6-15(20-2)16(12-13)21-3/h4,6,12,14H,5,7-11H2,1-3H3. The molecular formula is C17H25NO4. The average Bonchev–Trinajstić information content (AvgIpc) is 2.54. The lowest BCUT2D eigenvalue weighted by Gasteiger charge is -2.28. The lowest BCUT2D eigenvalue weighted by molar-refractivity contribution is -0.151. The Morgan fingerprint density at radius 1 is 1.18 bits per heavy atom. The number of methoxy groups -OCH3 is 2. The first kappa shape index (κ1) is 16.6. The van der Waals surface area contributed by atoms with Crippen molar-refractivity contribution in [3.63, 3.8) is 0 Å². The zero-order chi connectivity index (χ0) is 15.9. The van der Waals surface area contributed by atoms with Crippen LogP contribution in [0.25, 0.3) is 0 Å². The van der Waals surface area contributed by atoms with Crippen molar-refractivity contribution in [1.29, 1.82) is 0 Å². The predicted octanol–water partition coefficient (Wildman–Crippen LogP) is 2.27. The Balaban J connectivity index is 1.81. The Labute approximate surface area is 132 Å². The summed E-state index contributed by atoms with van der Waals surface area (Å²) in [6, 6.07) is 5.71. The molecule has 0 aromatic heterocycles. The number of rotatable bonds is 6. The number of ether oxygens (including phenoxy) is 3. The summed E-state index contributed by atoms with van der Waals surface area (Å²) in [6.07, 6.45) is 2.97. The highest BCUT2D eigenvalue weighted by Crippen LogP contribution is 2.28. The summed E-state index contributed by atoms with van der Waals surface area (Å²) in [6.45, 7) is 1.99. The van der Waals surface area contributed by atoms with Crippen LogP contribution in [-0.2, 0) is 16.0 Å². The van der Waals surface area contributed by atoms with Gasteiger partial charge >= 0.3 is 5.97 Å². The van der Waals surface area contributed by atoms with E-state index in [9.17, 15) is 4.79 Å². The second kappa shape index (κ2) is 8.03. The molecule has 1 aromatic carbocycles. The molecule has 0 saturated carbocycles. The number of likely N-dealkylation sites (tertiary alicyclic amines) is 1. The molecule has 0 bridgehead atoms. The summed E-state index contributed by atoms with van der Waals surface area (Å²) >= 11 is 0. The van der Waals surface area contributed by atoms with Crippen molar-refractivity contribution in [1.82, 2.24) is 4.90 Å². The number of piperidine rings is 1. The quantitative estimate of drug-likeness (QED) is 0.755. The third-order valence-corrected chi connectivity index (χ3v) is 4.03. The number of nitrogens with zero attached hydrogens (tertiary/aromatic N) is 1. The van der Waals surface area contributed by atoms with Crippen LogP contribution in [0.15, 0.2) is 18.2 Å². The lowest BCUT2D eigenvalue weighted by Crippen LogP contribution is -2.35. The zero-order valence-corrected chi connectivity index (χ0v) is 13.6. The van der Waals surface area contributed by atoms with Crippen LogP contribution in [0, 0.1) is 0 Å². The molecule has 1 aromatic rings. The van der Waals surface area contributed by atoms with Gasteiger partial charge in [0.15, 0.2) is 11.5 Å². The minimum absolute atomic E-state index is 0.0779. The molecule has 2 rings (SSSR count). The van der Waals surface area contributed by atoms with Crippen LogP contribution < -0.4 is 9.47 Å². The zero-order valence-electron chi connectivity index (χ0n) is 13.6. The first-order valence-electron chi connectivity index (χ1n) is 7.71. The molecule has 22 heavy (non-hydrogen) atoms. The fourth-order valence-electron chi connectivity index (χ4n) is 2.63. The van der Waals surface area contributed by atoms with Crippen molar-refractivity contribution >= 4 is 5.97 Å². The number of aryl methyl sites for hydroxylation is 1. The lowest BCUT2D eigenvalue weighted by atomic mass is 10.1. The van der Waals surface area contributed by atoms with Crippen LogP contribution in [-0.4, -0.2) is 51.3 Å². The highest BCUT2D eigenvalue weighted by Gasteiger charge is 2.20. The summed E-state index contributed by atoms with van der Waals surface area (Å²) in [7, 11) is 5.31. The minimum Gasteiger partial charge on any atom is -0.493 e.